The fourth-order valence-electron chi connectivity index (χ4n) is 2.12. The van der Waals surface area contributed by atoms with Crippen molar-refractivity contribution in [2.75, 3.05) is 6.54 Å². The molecule has 0 aliphatic rings. The highest BCUT2D eigenvalue weighted by Crippen LogP contribution is 2.18. The number of nitrogens with one attached hydrogen (secondary N) is 1. The van der Waals surface area contributed by atoms with Crippen molar-refractivity contribution < 1.29 is 9.53 Å². The van der Waals surface area contributed by atoms with Crippen molar-refractivity contribution in [3.05, 3.63) is 65.2 Å². The molecule has 0 heterocycles. The molecule has 1 amide bonds. The Kier molecular flexibility index (Phi) is 5.64. The summed E-state index contributed by atoms with van der Waals surface area (Å²) in [4.78, 5) is 12.4. The second kappa shape index (κ2) is 7.49. The fourth-order valence-corrected chi connectivity index (χ4v) is 2.25. The van der Waals surface area contributed by atoms with Gasteiger partial charge in [0.2, 0.25) is 5.91 Å². The van der Waals surface area contributed by atoms with Crippen LogP contribution in [0.4, 0.5) is 0 Å². The van der Waals surface area contributed by atoms with Gasteiger partial charge in [0, 0.05) is 5.02 Å². The van der Waals surface area contributed by atoms with Crippen molar-refractivity contribution in [3.8, 4) is 5.75 Å². The van der Waals surface area contributed by atoms with E-state index in [9.17, 15) is 4.79 Å². The molecule has 2 unspecified atom stereocenters. The second-order valence-corrected chi connectivity index (χ2v) is 6.10. The summed E-state index contributed by atoms with van der Waals surface area (Å²) in [5.41, 5.74) is 5.85. The van der Waals surface area contributed by atoms with Crippen molar-refractivity contribution in [3.63, 3.8) is 0 Å². The van der Waals surface area contributed by atoms with Gasteiger partial charge in [0.15, 0.2) is 0 Å². The van der Waals surface area contributed by atoms with Crippen molar-refractivity contribution in [2.45, 2.75) is 25.5 Å². The third kappa shape index (κ3) is 4.71. The van der Waals surface area contributed by atoms with Gasteiger partial charge in [-0.05, 0) is 43.7 Å². The van der Waals surface area contributed by atoms with Crippen LogP contribution in [0.2, 0.25) is 5.02 Å². The van der Waals surface area contributed by atoms with Gasteiger partial charge >= 0.3 is 0 Å². The largest absolute Gasteiger partial charge is 0.489 e. The highest BCUT2D eigenvalue weighted by atomic mass is 35.5. The van der Waals surface area contributed by atoms with E-state index in [0.29, 0.717) is 17.3 Å². The minimum absolute atomic E-state index is 0.188. The van der Waals surface area contributed by atoms with Crippen LogP contribution >= 0.6 is 11.6 Å². The van der Waals surface area contributed by atoms with Gasteiger partial charge in [-0.25, -0.2) is 0 Å². The summed E-state index contributed by atoms with van der Waals surface area (Å²) >= 11 is 5.83. The van der Waals surface area contributed by atoms with Crippen LogP contribution in [-0.4, -0.2) is 18.6 Å². The Morgan fingerprint density at radius 3 is 2.43 bits per heavy atom. The number of ether oxygens (including phenoxy) is 1. The lowest BCUT2D eigenvalue weighted by Gasteiger charge is -2.25. The summed E-state index contributed by atoms with van der Waals surface area (Å²) in [7, 11) is 0. The van der Waals surface area contributed by atoms with Crippen molar-refractivity contribution >= 4 is 17.5 Å². The van der Waals surface area contributed by atoms with Gasteiger partial charge in [-0.3, -0.25) is 4.79 Å². The number of benzene rings is 2. The molecule has 3 N–H and O–H groups in total. The van der Waals surface area contributed by atoms with E-state index in [1.54, 1.807) is 31.2 Å². The van der Waals surface area contributed by atoms with Gasteiger partial charge in [-0.2, -0.15) is 0 Å². The molecule has 5 heteroatoms. The predicted molar refractivity (Wildman–Crippen MR) is 92.5 cm³/mol. The van der Waals surface area contributed by atoms with E-state index in [4.69, 9.17) is 22.1 Å². The maximum absolute atomic E-state index is 12.4. The smallest absolute Gasteiger partial charge is 0.244 e. The lowest BCUT2D eigenvalue weighted by atomic mass is 9.92. The molecule has 0 spiro atoms. The number of carbonyl (C=O) groups is 1. The van der Waals surface area contributed by atoms with Gasteiger partial charge in [0.25, 0.3) is 0 Å². The Hall–Kier alpha value is -2.04. The Morgan fingerprint density at radius 1 is 1.22 bits per heavy atom. The Balaban J connectivity index is 1.89. The van der Waals surface area contributed by atoms with Crippen LogP contribution in [0.15, 0.2) is 54.6 Å². The molecule has 2 aromatic carbocycles. The van der Waals surface area contributed by atoms with E-state index >= 15 is 0 Å². The molecule has 0 saturated heterocycles. The molecule has 2 aromatic rings. The molecule has 0 saturated carbocycles. The number of nitrogens with two attached hydrogens (primary N) is 1. The van der Waals surface area contributed by atoms with E-state index in [-0.39, 0.29) is 12.0 Å². The highest BCUT2D eigenvalue weighted by molar-refractivity contribution is 6.30. The number of carbonyl (C=O) groups excluding carboxylic acids is 1. The third-order valence-electron chi connectivity index (χ3n) is 3.55. The average Bonchev–Trinajstić information content (AvgIpc) is 2.55. The van der Waals surface area contributed by atoms with Crippen LogP contribution in [0.5, 0.6) is 5.75 Å². The molecule has 0 aliphatic heterocycles. The lowest BCUT2D eigenvalue weighted by Crippen LogP contribution is -2.50. The normalized spacial score (nSPS) is 14.6. The minimum atomic E-state index is -1.08. The first kappa shape index (κ1) is 17.3. The molecule has 0 radical (unpaired) electrons. The predicted octanol–water partition coefficient (Wildman–Crippen LogP) is 3.10. The summed E-state index contributed by atoms with van der Waals surface area (Å²) in [6, 6.07) is 16.4. The quantitative estimate of drug-likeness (QED) is 0.854. The van der Waals surface area contributed by atoms with Crippen LogP contribution in [-0.2, 0) is 10.3 Å². The van der Waals surface area contributed by atoms with Gasteiger partial charge < -0.3 is 15.8 Å². The first-order valence-corrected chi connectivity index (χ1v) is 7.82. The number of rotatable bonds is 6. The molecule has 2 rings (SSSR count). The van der Waals surface area contributed by atoms with Crippen LogP contribution < -0.4 is 15.8 Å². The molecule has 0 fully saturated rings. The molecule has 0 aromatic heterocycles. The summed E-state index contributed by atoms with van der Waals surface area (Å²) in [6.45, 7) is 3.94. The topological polar surface area (TPSA) is 64.4 Å². The summed E-state index contributed by atoms with van der Waals surface area (Å²) in [5, 5.41) is 3.49. The van der Waals surface area contributed by atoms with Gasteiger partial charge in [-0.1, -0.05) is 41.9 Å². The first-order valence-electron chi connectivity index (χ1n) is 7.44. The molecule has 0 aliphatic carbocycles. The van der Waals surface area contributed by atoms with E-state index in [1.165, 1.54) is 0 Å². The molecule has 23 heavy (non-hydrogen) atoms. The Morgan fingerprint density at radius 2 is 1.83 bits per heavy atom. The minimum Gasteiger partial charge on any atom is -0.489 e. The van der Waals surface area contributed by atoms with E-state index in [1.807, 2.05) is 37.3 Å². The van der Waals surface area contributed by atoms with E-state index in [0.717, 1.165) is 5.56 Å². The van der Waals surface area contributed by atoms with Gasteiger partial charge in [0.1, 0.15) is 17.4 Å². The zero-order chi connectivity index (χ0) is 16.9. The molecule has 4 nitrogen and oxygen atoms in total. The summed E-state index contributed by atoms with van der Waals surface area (Å²) < 4.78 is 5.72. The average molecular weight is 333 g/mol. The molecule has 122 valence electrons. The number of halogens is 1. The van der Waals surface area contributed by atoms with E-state index in [2.05, 4.69) is 5.32 Å². The highest BCUT2D eigenvalue weighted by Gasteiger charge is 2.30. The van der Waals surface area contributed by atoms with Crippen molar-refractivity contribution in [1.82, 2.24) is 5.32 Å². The second-order valence-electron chi connectivity index (χ2n) is 5.66. The Labute approximate surface area is 141 Å². The van der Waals surface area contributed by atoms with Crippen LogP contribution in [0.25, 0.3) is 0 Å². The van der Waals surface area contributed by atoms with Crippen LogP contribution in [0.3, 0.4) is 0 Å². The summed E-state index contributed by atoms with van der Waals surface area (Å²) in [5.74, 6) is 0.463. The van der Waals surface area contributed by atoms with Gasteiger partial charge in [0.05, 0.1) is 6.54 Å². The van der Waals surface area contributed by atoms with Crippen LogP contribution in [0, 0.1) is 0 Å². The maximum Gasteiger partial charge on any atom is 0.244 e. The molecule has 2 atom stereocenters. The Bertz CT molecular complexity index is 642. The zero-order valence-corrected chi connectivity index (χ0v) is 14.0. The monoisotopic (exact) mass is 332 g/mol. The molecular weight excluding hydrogens is 312 g/mol. The lowest BCUT2D eigenvalue weighted by molar-refractivity contribution is -0.126. The van der Waals surface area contributed by atoms with Crippen molar-refractivity contribution in [2.24, 2.45) is 5.73 Å². The standard InChI is InChI=1S/C18H21ClN2O2/c1-13(23-16-10-8-15(19)9-11-16)12-21-17(22)18(2,20)14-6-4-3-5-7-14/h3-11,13H,12,20H2,1-2H3,(H,21,22). The number of amides is 1. The van der Waals surface area contributed by atoms with Crippen LogP contribution in [0.1, 0.15) is 19.4 Å². The number of hydrogen-bond acceptors (Lipinski definition) is 3. The molecule has 0 bridgehead atoms. The molecular formula is C18H21ClN2O2. The maximum atomic E-state index is 12.4. The zero-order valence-electron chi connectivity index (χ0n) is 13.3. The van der Waals surface area contributed by atoms with E-state index < -0.39 is 5.54 Å². The number of hydrogen-bond donors (Lipinski definition) is 2. The summed E-state index contributed by atoms with van der Waals surface area (Å²) in [6.07, 6.45) is -0.188. The van der Waals surface area contributed by atoms with Gasteiger partial charge in [-0.15, -0.1) is 0 Å². The third-order valence-corrected chi connectivity index (χ3v) is 3.80. The van der Waals surface area contributed by atoms with Crippen molar-refractivity contribution in [1.29, 1.82) is 0 Å². The first-order chi connectivity index (χ1) is 10.9. The fraction of sp³-hybridized carbons (Fsp3) is 0.278. The SMILES string of the molecule is CC(CNC(=O)C(C)(N)c1ccccc1)Oc1ccc(Cl)cc1.